The van der Waals surface area contributed by atoms with Gasteiger partial charge in [-0.15, -0.1) is 0 Å². The minimum absolute atomic E-state index is 0.482. The van der Waals surface area contributed by atoms with Crippen molar-refractivity contribution in [3.63, 3.8) is 0 Å². The third kappa shape index (κ3) is 3.78. The summed E-state index contributed by atoms with van der Waals surface area (Å²) in [6.45, 7) is 8.34. The lowest BCUT2D eigenvalue weighted by Crippen LogP contribution is -2.49. The number of hydrogen-bond donors (Lipinski definition) is 0. The summed E-state index contributed by atoms with van der Waals surface area (Å²) >= 11 is 0. The summed E-state index contributed by atoms with van der Waals surface area (Å²) in [4.78, 5) is 2.85. The Kier molecular flexibility index (Phi) is 5.09. The molecular weight excluding hydrogens is 308 g/mol. The molecule has 0 atom stereocenters. The molecule has 1 aliphatic carbocycles. The predicted octanol–water partition coefficient (Wildman–Crippen LogP) is 2.53. The molecule has 1 heterocycles. The molecule has 0 unspecified atom stereocenters. The number of piperazine rings is 1. The quantitative estimate of drug-likeness (QED) is 0.848. The summed E-state index contributed by atoms with van der Waals surface area (Å²) in [5.41, 5.74) is 2.56. The maximum absolute atomic E-state index is 12.9. The van der Waals surface area contributed by atoms with E-state index in [0.717, 1.165) is 32.5 Å². The Morgan fingerprint density at radius 3 is 2.30 bits per heavy atom. The van der Waals surface area contributed by atoms with Crippen LogP contribution in [0.5, 0.6) is 0 Å². The number of hydrogen-bond acceptors (Lipinski definition) is 3. The van der Waals surface area contributed by atoms with Crippen LogP contribution in [0, 0.1) is 5.92 Å². The Balaban J connectivity index is 1.72. The van der Waals surface area contributed by atoms with Crippen molar-refractivity contribution in [3.8, 4) is 0 Å². The number of nitrogens with zero attached hydrogens (tertiary/aromatic N) is 2. The van der Waals surface area contributed by atoms with Crippen molar-refractivity contribution in [2.45, 2.75) is 44.4 Å². The average molecular weight is 337 g/mol. The zero-order valence-corrected chi connectivity index (χ0v) is 15.1. The van der Waals surface area contributed by atoms with Gasteiger partial charge in [0.2, 0.25) is 10.0 Å². The molecule has 23 heavy (non-hydrogen) atoms. The molecule has 1 aromatic carbocycles. The third-order valence-corrected chi connectivity index (χ3v) is 6.81. The third-order valence-electron chi connectivity index (χ3n) is 4.91. The van der Waals surface area contributed by atoms with Gasteiger partial charge in [-0.3, -0.25) is 0 Å². The van der Waals surface area contributed by atoms with E-state index in [0.29, 0.717) is 23.9 Å². The maximum atomic E-state index is 12.9. The number of rotatable bonds is 4. The van der Waals surface area contributed by atoms with E-state index in [1.54, 1.807) is 10.4 Å². The topological polar surface area (TPSA) is 40.6 Å². The van der Waals surface area contributed by atoms with Gasteiger partial charge < -0.3 is 4.90 Å². The standard InChI is InChI=1S/C18H28N2O2S/c1-15(2)14-19-9-11-20(12-10-19)23(21,22)18-8-7-16-5-3-4-6-17(16)13-18/h7-8,13,15H,3-6,9-12,14H2,1-2H3. The first-order valence-electron chi connectivity index (χ1n) is 8.81. The lowest BCUT2D eigenvalue weighted by atomic mass is 9.92. The fourth-order valence-electron chi connectivity index (χ4n) is 3.69. The molecule has 128 valence electrons. The molecule has 0 N–H and O–H groups in total. The molecule has 0 saturated carbocycles. The molecule has 1 fully saturated rings. The smallest absolute Gasteiger partial charge is 0.243 e. The fraction of sp³-hybridized carbons (Fsp3) is 0.667. The van der Waals surface area contributed by atoms with Gasteiger partial charge in [-0.1, -0.05) is 19.9 Å². The molecule has 0 aromatic heterocycles. The van der Waals surface area contributed by atoms with Crippen molar-refractivity contribution in [1.82, 2.24) is 9.21 Å². The SMILES string of the molecule is CC(C)CN1CCN(S(=O)(=O)c2ccc3c(c2)CCCC3)CC1. The van der Waals surface area contributed by atoms with E-state index in [4.69, 9.17) is 0 Å². The number of fused-ring (bicyclic) bond motifs is 1. The van der Waals surface area contributed by atoms with E-state index in [2.05, 4.69) is 18.7 Å². The maximum Gasteiger partial charge on any atom is 0.243 e. The van der Waals surface area contributed by atoms with Crippen molar-refractivity contribution >= 4 is 10.0 Å². The second kappa shape index (κ2) is 6.91. The second-order valence-corrected chi connectivity index (χ2v) is 9.17. The fourth-order valence-corrected chi connectivity index (χ4v) is 5.16. The van der Waals surface area contributed by atoms with Gasteiger partial charge in [-0.2, -0.15) is 4.31 Å². The molecule has 2 aliphatic rings. The number of aryl methyl sites for hydroxylation is 2. The van der Waals surface area contributed by atoms with Gasteiger partial charge >= 0.3 is 0 Å². The Morgan fingerprint density at radius 2 is 1.65 bits per heavy atom. The highest BCUT2D eigenvalue weighted by Gasteiger charge is 2.29. The predicted molar refractivity (Wildman–Crippen MR) is 93.1 cm³/mol. The molecule has 1 aromatic rings. The first kappa shape index (κ1) is 16.9. The highest BCUT2D eigenvalue weighted by Crippen LogP contribution is 2.26. The van der Waals surface area contributed by atoms with E-state index in [9.17, 15) is 8.42 Å². The van der Waals surface area contributed by atoms with Crippen LogP contribution >= 0.6 is 0 Å². The largest absolute Gasteiger partial charge is 0.300 e. The highest BCUT2D eigenvalue weighted by atomic mass is 32.2. The number of sulfonamides is 1. The molecule has 0 bridgehead atoms. The summed E-state index contributed by atoms with van der Waals surface area (Å²) < 4.78 is 27.5. The van der Waals surface area contributed by atoms with Crippen LogP contribution in [0.2, 0.25) is 0 Å². The molecule has 0 amide bonds. The monoisotopic (exact) mass is 336 g/mol. The van der Waals surface area contributed by atoms with Crippen LogP contribution in [0.4, 0.5) is 0 Å². The highest BCUT2D eigenvalue weighted by molar-refractivity contribution is 7.89. The first-order chi connectivity index (χ1) is 11.0. The van der Waals surface area contributed by atoms with Crippen molar-refractivity contribution < 1.29 is 8.42 Å². The van der Waals surface area contributed by atoms with Gasteiger partial charge in [-0.05, 0) is 54.9 Å². The van der Waals surface area contributed by atoms with Gasteiger partial charge in [0.15, 0.2) is 0 Å². The van der Waals surface area contributed by atoms with Gasteiger partial charge in [-0.25, -0.2) is 8.42 Å². The Bertz CT molecular complexity index is 647. The molecule has 3 rings (SSSR count). The summed E-state index contributed by atoms with van der Waals surface area (Å²) in [5.74, 6) is 0.624. The van der Waals surface area contributed by atoms with Crippen LogP contribution in [-0.4, -0.2) is 50.3 Å². The molecule has 5 heteroatoms. The zero-order chi connectivity index (χ0) is 16.4. The van der Waals surface area contributed by atoms with Crippen molar-refractivity contribution in [2.24, 2.45) is 5.92 Å². The van der Waals surface area contributed by atoms with Crippen LogP contribution < -0.4 is 0 Å². The van der Waals surface area contributed by atoms with Crippen LogP contribution in [0.3, 0.4) is 0 Å². The molecule has 0 radical (unpaired) electrons. The summed E-state index contributed by atoms with van der Waals surface area (Å²) in [7, 11) is -3.34. The molecule has 1 saturated heterocycles. The van der Waals surface area contributed by atoms with Gasteiger partial charge in [0.1, 0.15) is 0 Å². The zero-order valence-electron chi connectivity index (χ0n) is 14.3. The van der Waals surface area contributed by atoms with Crippen molar-refractivity contribution in [2.75, 3.05) is 32.7 Å². The van der Waals surface area contributed by atoms with Crippen LogP contribution in [0.1, 0.15) is 37.8 Å². The van der Waals surface area contributed by atoms with Gasteiger partial charge in [0.25, 0.3) is 0 Å². The van der Waals surface area contributed by atoms with Crippen molar-refractivity contribution in [1.29, 1.82) is 0 Å². The van der Waals surface area contributed by atoms with Gasteiger partial charge in [0, 0.05) is 32.7 Å². The molecule has 1 aliphatic heterocycles. The first-order valence-corrected chi connectivity index (χ1v) is 10.2. The van der Waals surface area contributed by atoms with E-state index in [1.807, 2.05) is 12.1 Å². The summed E-state index contributed by atoms with van der Waals surface area (Å²) in [6.07, 6.45) is 4.49. The average Bonchev–Trinajstić information content (AvgIpc) is 2.54. The Morgan fingerprint density at radius 1 is 1.00 bits per heavy atom. The molecule has 4 nitrogen and oxygen atoms in total. The van der Waals surface area contributed by atoms with E-state index < -0.39 is 10.0 Å². The molecule has 0 spiro atoms. The van der Waals surface area contributed by atoms with Crippen LogP contribution in [0.15, 0.2) is 23.1 Å². The lowest BCUT2D eigenvalue weighted by Gasteiger charge is -2.34. The Labute approximate surface area is 140 Å². The lowest BCUT2D eigenvalue weighted by molar-refractivity contribution is 0.172. The van der Waals surface area contributed by atoms with Crippen LogP contribution in [0.25, 0.3) is 0 Å². The van der Waals surface area contributed by atoms with Gasteiger partial charge in [0.05, 0.1) is 4.90 Å². The van der Waals surface area contributed by atoms with E-state index in [1.165, 1.54) is 24.0 Å². The minimum Gasteiger partial charge on any atom is -0.300 e. The van der Waals surface area contributed by atoms with Crippen LogP contribution in [-0.2, 0) is 22.9 Å². The second-order valence-electron chi connectivity index (χ2n) is 7.24. The van der Waals surface area contributed by atoms with E-state index in [-0.39, 0.29) is 0 Å². The normalized spacial score (nSPS) is 20.7. The van der Waals surface area contributed by atoms with E-state index >= 15 is 0 Å². The Hall–Kier alpha value is -0.910. The minimum atomic E-state index is -3.34. The summed E-state index contributed by atoms with van der Waals surface area (Å²) in [5, 5.41) is 0. The molecular formula is C18H28N2O2S. The summed E-state index contributed by atoms with van der Waals surface area (Å²) in [6, 6.07) is 5.75. The number of benzene rings is 1. The van der Waals surface area contributed by atoms with Crippen molar-refractivity contribution in [3.05, 3.63) is 29.3 Å².